The van der Waals surface area contributed by atoms with Crippen LogP contribution in [-0.2, 0) is 20.0 Å². The number of hydrazine groups is 1. The van der Waals surface area contributed by atoms with Crippen LogP contribution in [0.1, 0.15) is 18.2 Å². The van der Waals surface area contributed by atoms with Gasteiger partial charge in [0.1, 0.15) is 11.6 Å². The van der Waals surface area contributed by atoms with Crippen molar-refractivity contribution in [3.05, 3.63) is 39.7 Å². The molecule has 0 aliphatic rings. The normalized spacial score (nSPS) is 10.4. The molecule has 0 aliphatic heterocycles. The van der Waals surface area contributed by atoms with Gasteiger partial charge in [-0.2, -0.15) is 5.10 Å². The highest BCUT2D eigenvalue weighted by Crippen LogP contribution is 2.20. The number of hydrogen-bond acceptors (Lipinski definition) is 7. The molecular weight excluding hydrogens is 274 g/mol. The Balaban J connectivity index is 2.19. The van der Waals surface area contributed by atoms with Crippen molar-refractivity contribution in [3.63, 3.8) is 0 Å². The Morgan fingerprint density at radius 1 is 1.43 bits per heavy atom. The van der Waals surface area contributed by atoms with Crippen molar-refractivity contribution in [1.82, 2.24) is 14.8 Å². The molecule has 21 heavy (non-hydrogen) atoms. The molecule has 0 aromatic carbocycles. The molecule has 0 atom stereocenters. The third-order valence-electron chi connectivity index (χ3n) is 2.96. The van der Waals surface area contributed by atoms with E-state index in [-0.39, 0.29) is 11.5 Å². The van der Waals surface area contributed by atoms with Crippen molar-refractivity contribution in [2.24, 2.45) is 12.9 Å². The largest absolute Gasteiger partial charge is 0.366 e. The Hall–Kier alpha value is -2.68. The molecule has 0 spiro atoms. The molecule has 0 saturated heterocycles. The lowest BCUT2D eigenvalue weighted by Gasteiger charge is -2.07. The van der Waals surface area contributed by atoms with E-state index in [0.717, 1.165) is 17.7 Å². The smallest absolute Gasteiger partial charge is 0.276 e. The van der Waals surface area contributed by atoms with Crippen LogP contribution >= 0.6 is 0 Å². The van der Waals surface area contributed by atoms with Gasteiger partial charge in [0.05, 0.1) is 22.7 Å². The van der Waals surface area contributed by atoms with Crippen molar-refractivity contribution in [1.29, 1.82) is 0 Å². The number of pyridine rings is 1. The zero-order chi connectivity index (χ0) is 15.4. The fourth-order valence-electron chi connectivity index (χ4n) is 2.00. The maximum atomic E-state index is 10.9. The Kier molecular flexibility index (Phi) is 4.33. The van der Waals surface area contributed by atoms with Crippen LogP contribution in [0.2, 0.25) is 0 Å². The van der Waals surface area contributed by atoms with Gasteiger partial charge in [0.25, 0.3) is 5.69 Å². The van der Waals surface area contributed by atoms with Gasteiger partial charge in [0.2, 0.25) is 0 Å². The summed E-state index contributed by atoms with van der Waals surface area (Å²) in [4.78, 5) is 14.5. The van der Waals surface area contributed by atoms with Gasteiger partial charge in [-0.15, -0.1) is 0 Å². The Bertz CT molecular complexity index is 653. The van der Waals surface area contributed by atoms with Gasteiger partial charge in [0.15, 0.2) is 0 Å². The van der Waals surface area contributed by atoms with E-state index in [1.54, 1.807) is 4.68 Å². The molecule has 0 aliphatic carbocycles. The third-order valence-corrected chi connectivity index (χ3v) is 2.96. The molecule has 0 fully saturated rings. The molecule has 9 nitrogen and oxygen atoms in total. The second-order valence-electron chi connectivity index (χ2n) is 4.48. The van der Waals surface area contributed by atoms with Crippen molar-refractivity contribution in [3.8, 4) is 0 Å². The number of aryl methyl sites for hydroxylation is 2. The topological polar surface area (TPSA) is 124 Å². The number of anilines is 2. The zero-order valence-corrected chi connectivity index (χ0v) is 11.8. The first-order valence-electron chi connectivity index (χ1n) is 6.41. The standard InChI is InChI=1S/C12H17N7O2/c1-3-10-8(7-18(2)17-10)6-14-11-4-9(19(20)21)5-12(15-11)16-13/h4-5,7H,3,6,13H2,1-2H3,(H2,14,15,16). The molecule has 2 rings (SSSR count). The van der Waals surface area contributed by atoms with Crippen molar-refractivity contribution < 1.29 is 4.92 Å². The highest BCUT2D eigenvalue weighted by molar-refractivity contribution is 5.54. The van der Waals surface area contributed by atoms with Gasteiger partial charge in [0, 0.05) is 25.4 Å². The maximum absolute atomic E-state index is 10.9. The van der Waals surface area contributed by atoms with E-state index < -0.39 is 4.92 Å². The van der Waals surface area contributed by atoms with Crippen molar-refractivity contribution in [2.75, 3.05) is 10.7 Å². The molecule has 0 saturated carbocycles. The minimum Gasteiger partial charge on any atom is -0.366 e. The van der Waals surface area contributed by atoms with Crippen molar-refractivity contribution in [2.45, 2.75) is 19.9 Å². The van der Waals surface area contributed by atoms with E-state index in [9.17, 15) is 10.1 Å². The molecule has 2 aromatic heterocycles. The number of aromatic nitrogens is 3. The first kappa shape index (κ1) is 14.7. The first-order valence-corrected chi connectivity index (χ1v) is 6.41. The minimum atomic E-state index is -0.491. The highest BCUT2D eigenvalue weighted by atomic mass is 16.6. The molecule has 2 aromatic rings. The van der Waals surface area contributed by atoms with Gasteiger partial charge in [-0.25, -0.2) is 10.8 Å². The monoisotopic (exact) mass is 291 g/mol. The van der Waals surface area contributed by atoms with E-state index in [0.29, 0.717) is 12.4 Å². The van der Waals surface area contributed by atoms with Crippen LogP contribution in [0.5, 0.6) is 0 Å². The molecule has 0 radical (unpaired) electrons. The molecule has 9 heteroatoms. The van der Waals surface area contributed by atoms with Gasteiger partial charge in [-0.3, -0.25) is 14.8 Å². The Morgan fingerprint density at radius 3 is 2.76 bits per heavy atom. The van der Waals surface area contributed by atoms with E-state index >= 15 is 0 Å². The Morgan fingerprint density at radius 2 is 2.14 bits per heavy atom. The molecule has 0 bridgehead atoms. The molecule has 2 heterocycles. The maximum Gasteiger partial charge on any atom is 0.276 e. The summed E-state index contributed by atoms with van der Waals surface area (Å²) in [5, 5.41) is 18.3. The predicted octanol–water partition coefficient (Wildman–Crippen LogP) is 1.18. The van der Waals surface area contributed by atoms with Crippen LogP contribution in [-0.4, -0.2) is 19.7 Å². The van der Waals surface area contributed by atoms with E-state index in [2.05, 4.69) is 20.8 Å². The van der Waals surface area contributed by atoms with E-state index in [1.807, 2.05) is 20.2 Å². The number of nitrogens with two attached hydrogens (primary N) is 1. The van der Waals surface area contributed by atoms with E-state index in [4.69, 9.17) is 5.84 Å². The fourth-order valence-corrected chi connectivity index (χ4v) is 2.00. The number of rotatable bonds is 6. The van der Waals surface area contributed by atoms with E-state index in [1.165, 1.54) is 12.1 Å². The number of nitrogens with zero attached hydrogens (tertiary/aromatic N) is 4. The summed E-state index contributed by atoms with van der Waals surface area (Å²) in [5.41, 5.74) is 4.24. The van der Waals surface area contributed by atoms with Crippen LogP contribution in [0.3, 0.4) is 0 Å². The third kappa shape index (κ3) is 3.45. The molecule has 0 amide bonds. The molecular formula is C12H17N7O2. The highest BCUT2D eigenvalue weighted by Gasteiger charge is 2.12. The number of nitrogens with one attached hydrogen (secondary N) is 2. The first-order chi connectivity index (χ1) is 10.0. The lowest BCUT2D eigenvalue weighted by molar-refractivity contribution is -0.384. The lowest BCUT2D eigenvalue weighted by Crippen LogP contribution is -2.11. The summed E-state index contributed by atoms with van der Waals surface area (Å²) in [6.07, 6.45) is 2.72. The summed E-state index contributed by atoms with van der Waals surface area (Å²) < 4.78 is 1.74. The number of hydrogen-bond donors (Lipinski definition) is 3. The SMILES string of the molecule is CCc1nn(C)cc1CNc1cc([N+](=O)[O-])cc(NN)n1. The quantitative estimate of drug-likeness (QED) is 0.414. The fraction of sp³-hybridized carbons (Fsp3) is 0.333. The summed E-state index contributed by atoms with van der Waals surface area (Å²) in [7, 11) is 1.85. The average molecular weight is 291 g/mol. The molecule has 112 valence electrons. The zero-order valence-electron chi connectivity index (χ0n) is 11.8. The second-order valence-corrected chi connectivity index (χ2v) is 4.48. The predicted molar refractivity (Wildman–Crippen MR) is 78.6 cm³/mol. The van der Waals surface area contributed by atoms with Crippen LogP contribution < -0.4 is 16.6 Å². The van der Waals surface area contributed by atoms with Gasteiger partial charge in [-0.1, -0.05) is 6.92 Å². The molecule has 0 unspecified atom stereocenters. The van der Waals surface area contributed by atoms with Gasteiger partial charge < -0.3 is 10.7 Å². The van der Waals surface area contributed by atoms with Crippen molar-refractivity contribution >= 4 is 17.3 Å². The average Bonchev–Trinajstić information content (AvgIpc) is 2.84. The van der Waals surface area contributed by atoms with Gasteiger partial charge >= 0.3 is 0 Å². The van der Waals surface area contributed by atoms with Crippen LogP contribution in [0.15, 0.2) is 18.3 Å². The van der Waals surface area contributed by atoms with Crippen LogP contribution in [0.4, 0.5) is 17.3 Å². The lowest BCUT2D eigenvalue weighted by atomic mass is 10.2. The summed E-state index contributed by atoms with van der Waals surface area (Å²) in [6.45, 7) is 2.50. The Labute approximate surface area is 121 Å². The number of nitro groups is 1. The molecule has 4 N–H and O–H groups in total. The summed E-state index contributed by atoms with van der Waals surface area (Å²) in [6, 6.07) is 2.63. The van der Waals surface area contributed by atoms with Crippen LogP contribution in [0, 0.1) is 10.1 Å². The second kappa shape index (κ2) is 6.18. The minimum absolute atomic E-state index is 0.0812. The number of nitrogen functional groups attached to an aromatic ring is 1. The van der Waals surface area contributed by atoms with Crippen LogP contribution in [0.25, 0.3) is 0 Å². The summed E-state index contributed by atoms with van der Waals surface area (Å²) in [5.74, 6) is 5.88. The van der Waals surface area contributed by atoms with Gasteiger partial charge in [-0.05, 0) is 6.42 Å². The summed E-state index contributed by atoms with van der Waals surface area (Å²) >= 11 is 0.